The Morgan fingerprint density at radius 2 is 2.04 bits per heavy atom. The van der Waals surface area contributed by atoms with E-state index in [1.54, 1.807) is 14.0 Å². The quantitative estimate of drug-likeness (QED) is 0.777. The third-order valence-electron chi connectivity index (χ3n) is 6.12. The topological polar surface area (TPSA) is 43.7 Å². The monoisotopic (exact) mass is 368 g/mol. The number of methoxy groups -OCH3 is 1. The maximum Gasteiger partial charge on any atom is 0.161 e. The van der Waals surface area contributed by atoms with Crippen molar-refractivity contribution < 1.29 is 14.3 Å². The minimum atomic E-state index is -0.158. The van der Waals surface area contributed by atoms with E-state index in [-0.39, 0.29) is 11.4 Å². The molecular weight excluding hydrogens is 340 g/mol. The fraction of sp³-hybridized carbons (Fsp3) is 0.500. The van der Waals surface area contributed by atoms with Crippen molar-refractivity contribution in [2.75, 3.05) is 26.8 Å². The van der Waals surface area contributed by atoms with Gasteiger partial charge in [-0.15, -0.1) is 0 Å². The van der Waals surface area contributed by atoms with Crippen LogP contribution in [0.5, 0.6) is 5.75 Å². The average Bonchev–Trinajstić information content (AvgIpc) is 3.04. The molecule has 5 heteroatoms. The Balaban J connectivity index is 1.47. The predicted molar refractivity (Wildman–Crippen MR) is 104 cm³/mol. The summed E-state index contributed by atoms with van der Waals surface area (Å²) in [6.45, 7) is 5.25. The van der Waals surface area contributed by atoms with Gasteiger partial charge in [0, 0.05) is 44.1 Å². The van der Waals surface area contributed by atoms with Crippen molar-refractivity contribution in [3.63, 3.8) is 0 Å². The first-order valence-electron chi connectivity index (χ1n) is 9.71. The van der Waals surface area contributed by atoms with Crippen LogP contribution in [-0.4, -0.2) is 42.1 Å². The maximum atomic E-state index is 11.6. The van der Waals surface area contributed by atoms with Crippen molar-refractivity contribution in [2.24, 2.45) is 7.05 Å². The Hall–Kier alpha value is -2.11. The number of carbonyl (C=O) groups is 1. The lowest BCUT2D eigenvalue weighted by molar-refractivity contribution is -0.0991. The van der Waals surface area contributed by atoms with E-state index in [9.17, 15) is 4.79 Å². The Morgan fingerprint density at radius 1 is 1.26 bits per heavy atom. The minimum absolute atomic E-state index is 0.122. The highest BCUT2D eigenvalue weighted by atomic mass is 16.5. The summed E-state index contributed by atoms with van der Waals surface area (Å²) in [5.74, 6) is 1.05. The molecule has 0 radical (unpaired) electrons. The summed E-state index contributed by atoms with van der Waals surface area (Å²) >= 11 is 0. The molecule has 5 nitrogen and oxygen atoms in total. The molecule has 2 aliphatic heterocycles. The lowest BCUT2D eigenvalue weighted by atomic mass is 9.79. The van der Waals surface area contributed by atoms with Gasteiger partial charge in [0.2, 0.25) is 0 Å². The molecule has 27 heavy (non-hydrogen) atoms. The van der Waals surface area contributed by atoms with Gasteiger partial charge in [-0.3, -0.25) is 9.69 Å². The number of piperidine rings is 1. The fourth-order valence-corrected chi connectivity index (χ4v) is 4.46. The first kappa shape index (κ1) is 18.3. The van der Waals surface area contributed by atoms with Crippen LogP contribution in [-0.2, 0) is 30.4 Å². The molecule has 144 valence electrons. The first-order valence-corrected chi connectivity index (χ1v) is 9.71. The second-order valence-corrected chi connectivity index (χ2v) is 7.78. The Labute approximate surface area is 160 Å². The second kappa shape index (κ2) is 7.13. The number of hydrogen-bond acceptors (Lipinski definition) is 4. The van der Waals surface area contributed by atoms with Crippen LogP contribution in [0.1, 0.15) is 46.9 Å². The highest BCUT2D eigenvalue weighted by Gasteiger charge is 2.40. The SMILES string of the molecule is COc1ccc2c(c1)CCOC21CCN(Cc2cc(C(C)=O)cn2C)CC1. The number of ketones is 1. The van der Waals surface area contributed by atoms with Gasteiger partial charge < -0.3 is 14.0 Å². The maximum absolute atomic E-state index is 11.6. The summed E-state index contributed by atoms with van der Waals surface area (Å²) in [7, 11) is 3.73. The predicted octanol–water partition coefficient (Wildman–Crippen LogP) is 3.30. The zero-order valence-corrected chi connectivity index (χ0v) is 16.5. The van der Waals surface area contributed by atoms with Gasteiger partial charge in [0.1, 0.15) is 5.75 Å². The molecular formula is C22H28N2O3. The molecule has 4 rings (SSSR count). The van der Waals surface area contributed by atoms with Crippen molar-refractivity contribution in [2.45, 2.75) is 38.3 Å². The van der Waals surface area contributed by atoms with Crippen LogP contribution in [0.3, 0.4) is 0 Å². The molecule has 0 N–H and O–H groups in total. The number of aryl methyl sites for hydroxylation is 1. The zero-order valence-electron chi connectivity index (χ0n) is 16.5. The van der Waals surface area contributed by atoms with Gasteiger partial charge in [0.15, 0.2) is 5.78 Å². The van der Waals surface area contributed by atoms with Crippen LogP contribution in [0.15, 0.2) is 30.5 Å². The van der Waals surface area contributed by atoms with E-state index >= 15 is 0 Å². The third-order valence-corrected chi connectivity index (χ3v) is 6.12. The average molecular weight is 368 g/mol. The Kier molecular flexibility index (Phi) is 4.82. The summed E-state index contributed by atoms with van der Waals surface area (Å²) in [6.07, 6.45) is 4.87. The first-order chi connectivity index (χ1) is 13.0. The van der Waals surface area contributed by atoms with Crippen molar-refractivity contribution in [1.82, 2.24) is 9.47 Å². The summed E-state index contributed by atoms with van der Waals surface area (Å²) in [6, 6.07) is 8.43. The molecule has 0 atom stereocenters. The number of Topliss-reactive ketones (excluding diaryl/α,β-unsaturated/α-hetero) is 1. The summed E-state index contributed by atoms with van der Waals surface area (Å²) < 4.78 is 13.8. The van der Waals surface area contributed by atoms with Gasteiger partial charge in [-0.25, -0.2) is 0 Å². The number of benzene rings is 1. The molecule has 1 saturated heterocycles. The van der Waals surface area contributed by atoms with Crippen molar-refractivity contribution >= 4 is 5.78 Å². The number of likely N-dealkylation sites (tertiary alicyclic amines) is 1. The lowest BCUT2D eigenvalue weighted by Crippen LogP contribution is -2.46. The van der Waals surface area contributed by atoms with E-state index in [2.05, 4.69) is 27.7 Å². The van der Waals surface area contributed by atoms with Crippen LogP contribution < -0.4 is 4.74 Å². The number of ether oxygens (including phenoxy) is 2. The third kappa shape index (κ3) is 3.42. The van der Waals surface area contributed by atoms with Crippen LogP contribution in [0.4, 0.5) is 0 Å². The number of hydrogen-bond donors (Lipinski definition) is 0. The molecule has 0 unspecified atom stereocenters. The molecule has 1 fully saturated rings. The van der Waals surface area contributed by atoms with Crippen molar-refractivity contribution in [3.05, 3.63) is 52.8 Å². The standard InChI is InChI=1S/C22H28N2O3/c1-16(25)18-12-19(23(2)14-18)15-24-9-7-22(8-10-24)21-5-4-20(26-3)13-17(21)6-11-27-22/h4-5,12-14H,6-11,15H2,1-3H3. The molecule has 0 bridgehead atoms. The second-order valence-electron chi connectivity index (χ2n) is 7.78. The van der Waals surface area contributed by atoms with Crippen molar-refractivity contribution in [3.8, 4) is 5.75 Å². The molecule has 1 aromatic carbocycles. The lowest BCUT2D eigenvalue weighted by Gasteiger charge is -2.45. The Morgan fingerprint density at radius 3 is 2.70 bits per heavy atom. The smallest absolute Gasteiger partial charge is 0.161 e. The van der Waals surface area contributed by atoms with E-state index in [4.69, 9.17) is 9.47 Å². The fourth-order valence-electron chi connectivity index (χ4n) is 4.46. The number of nitrogens with zero attached hydrogens (tertiary/aromatic N) is 2. The van der Waals surface area contributed by atoms with E-state index in [1.807, 2.05) is 19.3 Å². The number of fused-ring (bicyclic) bond motifs is 2. The van der Waals surface area contributed by atoms with E-state index in [0.29, 0.717) is 0 Å². The van der Waals surface area contributed by atoms with Crippen LogP contribution in [0.25, 0.3) is 0 Å². The molecule has 2 aromatic rings. The molecule has 0 saturated carbocycles. The molecule has 1 spiro atoms. The molecule has 2 aliphatic rings. The largest absolute Gasteiger partial charge is 0.497 e. The van der Waals surface area contributed by atoms with Gasteiger partial charge in [-0.2, -0.15) is 0 Å². The van der Waals surface area contributed by atoms with Crippen molar-refractivity contribution in [1.29, 1.82) is 0 Å². The van der Waals surface area contributed by atoms with Gasteiger partial charge in [-0.05, 0) is 55.5 Å². The zero-order chi connectivity index (χ0) is 19.0. The van der Waals surface area contributed by atoms with E-state index in [0.717, 1.165) is 56.8 Å². The highest BCUT2D eigenvalue weighted by molar-refractivity contribution is 5.94. The van der Waals surface area contributed by atoms with E-state index in [1.165, 1.54) is 16.8 Å². The summed E-state index contributed by atoms with van der Waals surface area (Å²) in [5.41, 5.74) is 4.52. The molecule has 0 amide bonds. The van der Waals surface area contributed by atoms with Gasteiger partial charge in [0.05, 0.1) is 19.3 Å². The minimum Gasteiger partial charge on any atom is -0.497 e. The molecule has 3 heterocycles. The number of aromatic nitrogens is 1. The molecule has 1 aromatic heterocycles. The number of rotatable bonds is 4. The summed E-state index contributed by atoms with van der Waals surface area (Å²) in [4.78, 5) is 14.1. The molecule has 0 aliphatic carbocycles. The van der Waals surface area contributed by atoms with Gasteiger partial charge >= 0.3 is 0 Å². The van der Waals surface area contributed by atoms with Crippen LogP contribution >= 0.6 is 0 Å². The normalized spacial score (nSPS) is 19.1. The highest BCUT2D eigenvalue weighted by Crippen LogP contribution is 2.42. The number of carbonyl (C=O) groups excluding carboxylic acids is 1. The Bertz CT molecular complexity index is 847. The summed E-state index contributed by atoms with van der Waals surface area (Å²) in [5, 5.41) is 0. The van der Waals surface area contributed by atoms with Gasteiger partial charge in [0.25, 0.3) is 0 Å². The van der Waals surface area contributed by atoms with Gasteiger partial charge in [-0.1, -0.05) is 6.07 Å². The van der Waals surface area contributed by atoms with Crippen LogP contribution in [0.2, 0.25) is 0 Å². The van der Waals surface area contributed by atoms with Crippen LogP contribution in [0, 0.1) is 0 Å². The van der Waals surface area contributed by atoms with E-state index < -0.39 is 0 Å².